The summed E-state index contributed by atoms with van der Waals surface area (Å²) in [6, 6.07) is 4.86. The van der Waals surface area contributed by atoms with Gasteiger partial charge in [0, 0.05) is 19.0 Å². The van der Waals surface area contributed by atoms with E-state index >= 15 is 0 Å². The zero-order chi connectivity index (χ0) is 26.9. The number of ether oxygens (including phenoxy) is 1. The molecule has 0 atom stereocenters. The number of halogens is 3. The van der Waals surface area contributed by atoms with Gasteiger partial charge in [-0.25, -0.2) is 13.4 Å². The fraction of sp³-hybridized carbons (Fsp3) is 0.600. The van der Waals surface area contributed by atoms with Crippen LogP contribution in [-0.2, 0) is 16.3 Å². The maximum Gasteiger partial charge on any atom is 0.394 e. The molecule has 1 heterocycles. The number of hydrogen-bond acceptors (Lipinski definition) is 5. The maximum atomic E-state index is 13.3. The third-order valence-electron chi connectivity index (χ3n) is 6.98. The first kappa shape index (κ1) is 28.0. The zero-order valence-electron chi connectivity index (χ0n) is 21.3. The fourth-order valence-electron chi connectivity index (χ4n) is 4.56. The van der Waals surface area contributed by atoms with Crippen LogP contribution in [0, 0.1) is 18.3 Å². The molecule has 0 saturated heterocycles. The molecule has 200 valence electrons. The highest BCUT2D eigenvalue weighted by atomic mass is 32.2. The molecule has 2 aromatic rings. The minimum atomic E-state index is -4.34. The number of alkyl halides is 3. The van der Waals surface area contributed by atoms with Crippen LogP contribution >= 0.6 is 0 Å². The molecular formula is C25H34F3N3O4S. The topological polar surface area (TPSA) is 90.3 Å². The monoisotopic (exact) mass is 529 g/mol. The molecule has 1 aromatic carbocycles. The van der Waals surface area contributed by atoms with Crippen LogP contribution < -0.4 is 10.1 Å². The van der Waals surface area contributed by atoms with Crippen molar-refractivity contribution < 1.29 is 31.1 Å². The summed E-state index contributed by atoms with van der Waals surface area (Å²) in [5.74, 6) is 0.768. The second-order valence-electron chi connectivity index (χ2n) is 10.3. The van der Waals surface area contributed by atoms with Gasteiger partial charge in [0.25, 0.3) is 5.91 Å². The largest absolute Gasteiger partial charge is 0.495 e. The van der Waals surface area contributed by atoms with Crippen molar-refractivity contribution in [3.63, 3.8) is 0 Å². The maximum absolute atomic E-state index is 13.3. The smallest absolute Gasteiger partial charge is 0.394 e. The van der Waals surface area contributed by atoms with Gasteiger partial charge in [-0.15, -0.1) is 0 Å². The summed E-state index contributed by atoms with van der Waals surface area (Å²) in [5, 5.41) is 2.59. The SMILES string of the molecule is COc1cc(CC(C)(C)C(F)(F)F)ccc1-n1cc(C(=O)NCC2CCC(S(C)(=O)=O)CC2)nc1C. The molecule has 0 unspecified atom stereocenters. The lowest BCUT2D eigenvalue weighted by atomic mass is 9.85. The number of hydrogen-bond donors (Lipinski definition) is 1. The van der Waals surface area contributed by atoms with E-state index in [1.165, 1.54) is 13.4 Å². The van der Waals surface area contributed by atoms with Gasteiger partial charge in [-0.1, -0.05) is 19.9 Å². The van der Waals surface area contributed by atoms with Crippen molar-refractivity contribution in [3.8, 4) is 11.4 Å². The summed E-state index contributed by atoms with van der Waals surface area (Å²) < 4.78 is 70.5. The Hall–Kier alpha value is -2.56. The summed E-state index contributed by atoms with van der Waals surface area (Å²) in [6.07, 6.45) is 0.976. The Morgan fingerprint density at radius 1 is 1.19 bits per heavy atom. The van der Waals surface area contributed by atoms with Crippen molar-refractivity contribution in [2.45, 2.75) is 64.3 Å². The van der Waals surface area contributed by atoms with Crippen LogP contribution in [0.4, 0.5) is 13.2 Å². The molecule has 36 heavy (non-hydrogen) atoms. The molecule has 0 radical (unpaired) electrons. The molecule has 1 N–H and O–H groups in total. The molecule has 7 nitrogen and oxygen atoms in total. The van der Waals surface area contributed by atoms with Crippen LogP contribution in [0.25, 0.3) is 5.69 Å². The fourth-order valence-corrected chi connectivity index (χ4v) is 5.69. The summed E-state index contributed by atoms with van der Waals surface area (Å²) in [5.41, 5.74) is -0.630. The van der Waals surface area contributed by atoms with E-state index in [4.69, 9.17) is 4.74 Å². The van der Waals surface area contributed by atoms with Crippen LogP contribution in [0.2, 0.25) is 0 Å². The number of imidazole rings is 1. The second kappa shape index (κ2) is 10.4. The summed E-state index contributed by atoms with van der Waals surface area (Å²) in [7, 11) is -1.60. The lowest BCUT2D eigenvalue weighted by Gasteiger charge is -2.28. The van der Waals surface area contributed by atoms with Gasteiger partial charge in [0.05, 0.1) is 23.5 Å². The average Bonchev–Trinajstić information content (AvgIpc) is 3.17. The first-order chi connectivity index (χ1) is 16.6. The lowest BCUT2D eigenvalue weighted by Crippen LogP contribution is -2.34. The Kier molecular flexibility index (Phi) is 8.12. The van der Waals surface area contributed by atoms with E-state index < -0.39 is 21.4 Å². The molecule has 1 saturated carbocycles. The van der Waals surface area contributed by atoms with Gasteiger partial charge in [-0.2, -0.15) is 13.2 Å². The normalized spacial score (nSPS) is 19.2. The summed E-state index contributed by atoms with van der Waals surface area (Å²) in [6.45, 7) is 4.49. The Balaban J connectivity index is 1.69. The van der Waals surface area contributed by atoms with Gasteiger partial charge < -0.3 is 10.1 Å². The number of methoxy groups -OCH3 is 1. The molecule has 3 rings (SSSR count). The van der Waals surface area contributed by atoms with Crippen LogP contribution in [-0.4, -0.2) is 55.2 Å². The molecule has 1 aliphatic rings. The van der Waals surface area contributed by atoms with E-state index in [-0.39, 0.29) is 29.2 Å². The molecule has 0 spiro atoms. The number of amides is 1. The van der Waals surface area contributed by atoms with E-state index in [1.807, 2.05) is 0 Å². The van der Waals surface area contributed by atoms with E-state index in [0.717, 1.165) is 26.7 Å². The number of nitrogens with one attached hydrogen (secondary N) is 1. The number of carbonyl (C=O) groups excluding carboxylic acids is 1. The first-order valence-corrected chi connectivity index (χ1v) is 13.8. The van der Waals surface area contributed by atoms with Crippen LogP contribution in [0.3, 0.4) is 0 Å². The van der Waals surface area contributed by atoms with Gasteiger partial charge in [0.15, 0.2) is 0 Å². The van der Waals surface area contributed by atoms with Crippen molar-refractivity contribution in [2.24, 2.45) is 11.3 Å². The number of sulfone groups is 1. The number of nitrogens with zero attached hydrogens (tertiary/aromatic N) is 2. The highest BCUT2D eigenvalue weighted by molar-refractivity contribution is 7.91. The van der Waals surface area contributed by atoms with E-state index in [0.29, 0.717) is 42.2 Å². The highest BCUT2D eigenvalue weighted by Crippen LogP contribution is 2.41. The van der Waals surface area contributed by atoms with E-state index in [2.05, 4.69) is 10.3 Å². The first-order valence-electron chi connectivity index (χ1n) is 11.9. The van der Waals surface area contributed by atoms with Gasteiger partial charge in [0.2, 0.25) is 0 Å². The quantitative estimate of drug-likeness (QED) is 0.538. The summed E-state index contributed by atoms with van der Waals surface area (Å²) in [4.78, 5) is 17.1. The van der Waals surface area contributed by atoms with Crippen molar-refractivity contribution in [1.82, 2.24) is 14.9 Å². The zero-order valence-corrected chi connectivity index (χ0v) is 22.1. The predicted octanol–water partition coefficient (Wildman–Crippen LogP) is 4.65. The van der Waals surface area contributed by atoms with Crippen molar-refractivity contribution in [2.75, 3.05) is 19.9 Å². The molecular weight excluding hydrogens is 495 g/mol. The molecule has 1 amide bonds. The van der Waals surface area contributed by atoms with Gasteiger partial charge in [-0.3, -0.25) is 9.36 Å². The molecule has 1 aromatic heterocycles. The molecule has 1 fully saturated rings. The van der Waals surface area contributed by atoms with Crippen LogP contribution in [0.1, 0.15) is 61.4 Å². The highest BCUT2D eigenvalue weighted by Gasteiger charge is 2.47. The van der Waals surface area contributed by atoms with Crippen molar-refractivity contribution in [3.05, 3.63) is 41.5 Å². The van der Waals surface area contributed by atoms with Crippen LogP contribution in [0.5, 0.6) is 5.75 Å². The van der Waals surface area contributed by atoms with E-state index in [1.54, 1.807) is 35.9 Å². The third-order valence-corrected chi connectivity index (χ3v) is 8.67. The van der Waals surface area contributed by atoms with Gasteiger partial charge in [0.1, 0.15) is 27.1 Å². The Bertz CT molecular complexity index is 1200. The standard InChI is InChI=1S/C25H34F3N3O4S/c1-16-30-20(23(32)29-14-17-6-9-19(10-7-17)36(5,33)34)15-31(16)21-11-8-18(12-22(21)35-4)13-24(2,3)25(26,27)28/h8,11-12,15,17,19H,6-7,9-10,13-14H2,1-5H3,(H,29,32). The molecule has 0 aliphatic heterocycles. The minimum absolute atomic E-state index is 0.199. The van der Waals surface area contributed by atoms with Crippen LogP contribution in [0.15, 0.2) is 24.4 Å². The molecule has 11 heteroatoms. The predicted molar refractivity (Wildman–Crippen MR) is 131 cm³/mol. The Morgan fingerprint density at radius 3 is 2.39 bits per heavy atom. The molecule has 0 bridgehead atoms. The molecule has 1 aliphatic carbocycles. The number of benzene rings is 1. The number of rotatable bonds is 8. The minimum Gasteiger partial charge on any atom is -0.495 e. The number of aryl methyl sites for hydroxylation is 1. The van der Waals surface area contributed by atoms with Crippen molar-refractivity contribution in [1.29, 1.82) is 0 Å². The lowest BCUT2D eigenvalue weighted by molar-refractivity contribution is -0.211. The average molecular weight is 530 g/mol. The third kappa shape index (κ3) is 6.41. The number of carbonyl (C=O) groups is 1. The Morgan fingerprint density at radius 2 is 1.83 bits per heavy atom. The second-order valence-corrected chi connectivity index (χ2v) is 12.6. The van der Waals surface area contributed by atoms with E-state index in [9.17, 15) is 26.4 Å². The van der Waals surface area contributed by atoms with Gasteiger partial charge in [-0.05, 0) is 62.6 Å². The van der Waals surface area contributed by atoms with Gasteiger partial charge >= 0.3 is 6.18 Å². The number of aromatic nitrogens is 2. The Labute approximate surface area is 210 Å². The van der Waals surface area contributed by atoms with Crippen molar-refractivity contribution >= 4 is 15.7 Å². The summed E-state index contributed by atoms with van der Waals surface area (Å²) >= 11 is 0.